The molecule has 0 amide bonds. The van der Waals surface area contributed by atoms with E-state index in [1.54, 1.807) is 11.3 Å². The summed E-state index contributed by atoms with van der Waals surface area (Å²) >= 11 is 1.79. The molecule has 1 aromatic carbocycles. The van der Waals surface area contributed by atoms with Crippen LogP contribution in [0.2, 0.25) is 0 Å². The van der Waals surface area contributed by atoms with Gasteiger partial charge in [0.15, 0.2) is 0 Å². The smallest absolute Gasteiger partial charge is 0.0972 e. The van der Waals surface area contributed by atoms with Crippen LogP contribution in [0.4, 0.5) is 0 Å². The van der Waals surface area contributed by atoms with Crippen LogP contribution in [-0.4, -0.2) is 42.6 Å². The van der Waals surface area contributed by atoms with E-state index in [1.165, 1.54) is 29.4 Å². The van der Waals surface area contributed by atoms with Gasteiger partial charge in [-0.3, -0.25) is 0 Å². The van der Waals surface area contributed by atoms with E-state index < -0.39 is 0 Å². The molecular weight excluding hydrogens is 266 g/mol. The van der Waals surface area contributed by atoms with Crippen molar-refractivity contribution in [2.75, 3.05) is 32.7 Å². The number of rotatable bonds is 5. The maximum atomic E-state index is 4.77. The Morgan fingerprint density at radius 3 is 2.75 bits per heavy atom. The lowest BCUT2D eigenvalue weighted by molar-refractivity contribution is 0.243. The number of benzene rings is 1. The Kier molecular flexibility index (Phi) is 4.79. The highest BCUT2D eigenvalue weighted by Gasteiger charge is 2.10. The molecule has 0 aliphatic carbocycles. The third-order valence-corrected chi connectivity index (χ3v) is 4.59. The molecule has 106 valence electrons. The topological polar surface area (TPSA) is 28.2 Å². The third-order valence-electron chi connectivity index (χ3n) is 3.69. The zero-order valence-corrected chi connectivity index (χ0v) is 12.5. The van der Waals surface area contributed by atoms with Crippen LogP contribution in [0.15, 0.2) is 35.7 Å². The predicted octanol–water partition coefficient (Wildman–Crippen LogP) is 2.18. The SMILES string of the molecule is c1ccc(Cc2nc(CCN3CCNCC3)cs2)cc1. The van der Waals surface area contributed by atoms with E-state index in [2.05, 4.69) is 45.9 Å². The van der Waals surface area contributed by atoms with Gasteiger partial charge in [0.25, 0.3) is 0 Å². The van der Waals surface area contributed by atoms with Gasteiger partial charge in [-0.05, 0) is 5.56 Å². The third kappa shape index (κ3) is 3.88. The largest absolute Gasteiger partial charge is 0.314 e. The van der Waals surface area contributed by atoms with E-state index >= 15 is 0 Å². The molecule has 1 fully saturated rings. The first kappa shape index (κ1) is 13.7. The van der Waals surface area contributed by atoms with Gasteiger partial charge in [0.1, 0.15) is 0 Å². The Morgan fingerprint density at radius 2 is 1.95 bits per heavy atom. The van der Waals surface area contributed by atoms with Crippen LogP contribution in [-0.2, 0) is 12.8 Å². The van der Waals surface area contributed by atoms with Gasteiger partial charge in [-0.1, -0.05) is 30.3 Å². The summed E-state index contributed by atoms with van der Waals surface area (Å²) in [4.78, 5) is 7.29. The number of thiazole rings is 1. The molecule has 4 heteroatoms. The van der Waals surface area contributed by atoms with Crippen LogP contribution < -0.4 is 5.32 Å². The zero-order chi connectivity index (χ0) is 13.6. The van der Waals surface area contributed by atoms with E-state index in [4.69, 9.17) is 4.98 Å². The minimum atomic E-state index is 0.957. The Hall–Kier alpha value is -1.23. The summed E-state index contributed by atoms with van der Waals surface area (Å²) in [6.45, 7) is 5.71. The molecule has 2 heterocycles. The molecule has 20 heavy (non-hydrogen) atoms. The molecule has 0 bridgehead atoms. The molecule has 3 nitrogen and oxygen atoms in total. The first-order chi connectivity index (χ1) is 9.90. The van der Waals surface area contributed by atoms with Crippen molar-refractivity contribution >= 4 is 11.3 Å². The van der Waals surface area contributed by atoms with Crippen LogP contribution in [0.25, 0.3) is 0 Å². The maximum Gasteiger partial charge on any atom is 0.0972 e. The second kappa shape index (κ2) is 6.97. The monoisotopic (exact) mass is 287 g/mol. The van der Waals surface area contributed by atoms with E-state index in [1.807, 2.05) is 0 Å². The molecule has 3 rings (SSSR count). The highest BCUT2D eigenvalue weighted by atomic mass is 32.1. The molecular formula is C16H21N3S. The van der Waals surface area contributed by atoms with Gasteiger partial charge < -0.3 is 10.2 Å². The van der Waals surface area contributed by atoms with Gasteiger partial charge in [-0.25, -0.2) is 4.98 Å². The van der Waals surface area contributed by atoms with Crippen molar-refractivity contribution in [3.05, 3.63) is 52.0 Å². The number of aromatic nitrogens is 1. The summed E-state index contributed by atoms with van der Waals surface area (Å²) in [6, 6.07) is 10.6. The minimum Gasteiger partial charge on any atom is -0.314 e. The lowest BCUT2D eigenvalue weighted by atomic mass is 10.2. The van der Waals surface area contributed by atoms with Crippen LogP contribution in [0.1, 0.15) is 16.3 Å². The summed E-state index contributed by atoms with van der Waals surface area (Å²) in [5.74, 6) is 0. The fourth-order valence-corrected chi connectivity index (χ4v) is 3.39. The van der Waals surface area contributed by atoms with Crippen molar-refractivity contribution in [3.63, 3.8) is 0 Å². The van der Waals surface area contributed by atoms with Crippen molar-refractivity contribution in [2.24, 2.45) is 0 Å². The fraction of sp³-hybridized carbons (Fsp3) is 0.438. The minimum absolute atomic E-state index is 0.957. The van der Waals surface area contributed by atoms with Crippen molar-refractivity contribution in [2.45, 2.75) is 12.8 Å². The average molecular weight is 287 g/mol. The molecule has 1 aliphatic heterocycles. The summed E-state index contributed by atoms with van der Waals surface area (Å²) in [5.41, 5.74) is 2.59. The maximum absolute atomic E-state index is 4.77. The number of nitrogens with one attached hydrogen (secondary N) is 1. The molecule has 0 atom stereocenters. The quantitative estimate of drug-likeness (QED) is 0.913. The number of hydrogen-bond donors (Lipinski definition) is 1. The molecule has 1 aromatic heterocycles. The molecule has 0 spiro atoms. The molecule has 0 unspecified atom stereocenters. The Balaban J connectivity index is 1.51. The highest BCUT2D eigenvalue weighted by Crippen LogP contribution is 2.15. The van der Waals surface area contributed by atoms with Crippen molar-refractivity contribution < 1.29 is 0 Å². The second-order valence-electron chi connectivity index (χ2n) is 5.24. The Morgan fingerprint density at radius 1 is 1.15 bits per heavy atom. The number of piperazine rings is 1. The van der Waals surface area contributed by atoms with Gasteiger partial charge in [0, 0.05) is 50.9 Å². The van der Waals surface area contributed by atoms with Crippen LogP contribution in [0, 0.1) is 0 Å². The van der Waals surface area contributed by atoms with Gasteiger partial charge in [-0.15, -0.1) is 11.3 Å². The van der Waals surface area contributed by atoms with Crippen LogP contribution >= 0.6 is 11.3 Å². The Labute approximate surface area is 124 Å². The summed E-state index contributed by atoms with van der Waals surface area (Å²) < 4.78 is 0. The van der Waals surface area contributed by atoms with E-state index in [0.717, 1.165) is 32.5 Å². The molecule has 1 saturated heterocycles. The fourth-order valence-electron chi connectivity index (χ4n) is 2.52. The second-order valence-corrected chi connectivity index (χ2v) is 6.18. The van der Waals surface area contributed by atoms with Crippen molar-refractivity contribution in [1.29, 1.82) is 0 Å². The summed E-state index contributed by atoms with van der Waals surface area (Å²) in [6.07, 6.45) is 2.03. The first-order valence-electron chi connectivity index (χ1n) is 7.30. The van der Waals surface area contributed by atoms with Crippen molar-refractivity contribution in [3.8, 4) is 0 Å². The highest BCUT2D eigenvalue weighted by molar-refractivity contribution is 7.09. The molecule has 1 N–H and O–H groups in total. The van der Waals surface area contributed by atoms with E-state index in [9.17, 15) is 0 Å². The summed E-state index contributed by atoms with van der Waals surface area (Å²) in [5, 5.41) is 6.84. The van der Waals surface area contributed by atoms with Gasteiger partial charge in [-0.2, -0.15) is 0 Å². The molecule has 1 aliphatic rings. The van der Waals surface area contributed by atoms with Gasteiger partial charge >= 0.3 is 0 Å². The molecule has 0 saturated carbocycles. The molecule has 2 aromatic rings. The number of nitrogens with zero attached hydrogens (tertiary/aromatic N) is 2. The Bertz CT molecular complexity index is 518. The first-order valence-corrected chi connectivity index (χ1v) is 8.18. The van der Waals surface area contributed by atoms with Gasteiger partial charge in [0.2, 0.25) is 0 Å². The lowest BCUT2D eigenvalue weighted by Gasteiger charge is -2.26. The van der Waals surface area contributed by atoms with E-state index in [-0.39, 0.29) is 0 Å². The lowest BCUT2D eigenvalue weighted by Crippen LogP contribution is -2.44. The standard InChI is InChI=1S/C16H21N3S/c1-2-4-14(5-3-1)12-16-18-15(13-20-16)6-9-19-10-7-17-8-11-19/h1-5,13,17H,6-12H2. The van der Waals surface area contributed by atoms with Crippen LogP contribution in [0.3, 0.4) is 0 Å². The summed E-state index contributed by atoms with van der Waals surface area (Å²) in [7, 11) is 0. The zero-order valence-electron chi connectivity index (χ0n) is 11.7. The number of hydrogen-bond acceptors (Lipinski definition) is 4. The van der Waals surface area contributed by atoms with Gasteiger partial charge in [0.05, 0.1) is 10.7 Å². The van der Waals surface area contributed by atoms with E-state index in [0.29, 0.717) is 0 Å². The van der Waals surface area contributed by atoms with Crippen molar-refractivity contribution in [1.82, 2.24) is 15.2 Å². The normalized spacial score (nSPS) is 16.4. The van der Waals surface area contributed by atoms with Crippen LogP contribution in [0.5, 0.6) is 0 Å². The average Bonchev–Trinajstić information content (AvgIpc) is 2.95. The molecule has 0 radical (unpaired) electrons. The predicted molar refractivity (Wildman–Crippen MR) is 84.4 cm³/mol.